The molecule has 2 saturated carbocycles. The van der Waals surface area contributed by atoms with Gasteiger partial charge in [-0.2, -0.15) is 0 Å². The molecule has 0 saturated heterocycles. The maximum Gasteiger partial charge on any atom is 0.306 e. The first kappa shape index (κ1) is 13.4. The molecular weight excluding hydrogens is 232 g/mol. The highest BCUT2D eigenvalue weighted by molar-refractivity contribution is 5.69. The van der Waals surface area contributed by atoms with Crippen molar-refractivity contribution < 1.29 is 19.4 Å². The average molecular weight is 254 g/mol. The molecule has 0 aromatic rings. The second kappa shape index (κ2) is 6.21. The molecule has 2 aliphatic rings. The number of carboxylic acids is 1. The molecule has 0 aromatic carbocycles. The Balaban J connectivity index is 1.74. The molecule has 2 aliphatic carbocycles. The van der Waals surface area contributed by atoms with Gasteiger partial charge in [-0.3, -0.25) is 9.59 Å². The van der Waals surface area contributed by atoms with Gasteiger partial charge in [-0.25, -0.2) is 0 Å². The zero-order valence-corrected chi connectivity index (χ0v) is 10.7. The molecule has 0 amide bonds. The van der Waals surface area contributed by atoms with E-state index in [9.17, 15) is 9.59 Å². The molecule has 0 heterocycles. The van der Waals surface area contributed by atoms with E-state index in [0.717, 1.165) is 51.4 Å². The van der Waals surface area contributed by atoms with Crippen molar-refractivity contribution >= 4 is 12.4 Å². The fourth-order valence-corrected chi connectivity index (χ4v) is 3.61. The molecule has 4 heteroatoms. The predicted molar refractivity (Wildman–Crippen MR) is 66.0 cm³/mol. The largest absolute Gasteiger partial charge is 0.481 e. The molecule has 102 valence electrons. The number of hydrogen-bond acceptors (Lipinski definition) is 3. The van der Waals surface area contributed by atoms with Gasteiger partial charge in [0.1, 0.15) is 6.10 Å². The number of hydrogen-bond donors (Lipinski definition) is 1. The standard InChI is InChI=1S/C14H22O4/c15-9-18-13-7-5-11(6-8-13)10-1-3-12(4-2-10)14(16)17/h9-13H,1-8H2,(H,16,17). The van der Waals surface area contributed by atoms with Crippen molar-refractivity contribution in [2.45, 2.75) is 57.5 Å². The maximum absolute atomic E-state index is 10.9. The van der Waals surface area contributed by atoms with E-state index in [4.69, 9.17) is 9.84 Å². The van der Waals surface area contributed by atoms with Gasteiger partial charge in [0.25, 0.3) is 6.47 Å². The summed E-state index contributed by atoms with van der Waals surface area (Å²) in [6.45, 7) is 0.559. The Kier molecular flexibility index (Phi) is 4.61. The van der Waals surface area contributed by atoms with Gasteiger partial charge in [0.05, 0.1) is 5.92 Å². The summed E-state index contributed by atoms with van der Waals surface area (Å²) in [5.74, 6) is 0.663. The van der Waals surface area contributed by atoms with E-state index < -0.39 is 5.97 Å². The zero-order chi connectivity index (χ0) is 13.0. The van der Waals surface area contributed by atoms with Gasteiger partial charge < -0.3 is 9.84 Å². The predicted octanol–water partition coefficient (Wildman–Crippen LogP) is 2.61. The second-order valence-electron chi connectivity index (χ2n) is 5.72. The Bertz CT molecular complexity index is 286. The molecule has 0 aromatic heterocycles. The van der Waals surface area contributed by atoms with E-state index in [1.807, 2.05) is 0 Å². The minimum absolute atomic E-state index is 0.115. The normalized spacial score (nSPS) is 36.9. The van der Waals surface area contributed by atoms with Crippen molar-refractivity contribution in [1.82, 2.24) is 0 Å². The van der Waals surface area contributed by atoms with Gasteiger partial charge in [0.2, 0.25) is 0 Å². The average Bonchev–Trinajstić information content (AvgIpc) is 2.40. The third-order valence-electron chi connectivity index (χ3n) is 4.75. The van der Waals surface area contributed by atoms with Gasteiger partial charge >= 0.3 is 5.97 Å². The molecule has 0 unspecified atom stereocenters. The number of carbonyl (C=O) groups excluding carboxylic acids is 1. The molecule has 1 N–H and O–H groups in total. The lowest BCUT2D eigenvalue weighted by atomic mass is 9.70. The van der Waals surface area contributed by atoms with Crippen LogP contribution in [-0.2, 0) is 14.3 Å². The lowest BCUT2D eigenvalue weighted by molar-refractivity contribution is -0.143. The number of ether oxygens (including phenoxy) is 1. The Morgan fingerprint density at radius 1 is 0.944 bits per heavy atom. The van der Waals surface area contributed by atoms with Gasteiger partial charge in [-0.15, -0.1) is 0 Å². The van der Waals surface area contributed by atoms with Crippen LogP contribution in [0.15, 0.2) is 0 Å². The van der Waals surface area contributed by atoms with Crippen LogP contribution in [0.25, 0.3) is 0 Å². The molecular formula is C14H22O4. The summed E-state index contributed by atoms with van der Waals surface area (Å²) in [4.78, 5) is 21.2. The molecule has 4 nitrogen and oxygen atoms in total. The minimum Gasteiger partial charge on any atom is -0.481 e. The third kappa shape index (κ3) is 3.24. The maximum atomic E-state index is 10.9. The third-order valence-corrected chi connectivity index (χ3v) is 4.75. The number of carbonyl (C=O) groups is 2. The van der Waals surface area contributed by atoms with Crippen molar-refractivity contribution in [3.63, 3.8) is 0 Å². The molecule has 2 fully saturated rings. The molecule has 2 rings (SSSR count). The Morgan fingerprint density at radius 2 is 1.44 bits per heavy atom. The van der Waals surface area contributed by atoms with Gasteiger partial charge in [-0.1, -0.05) is 0 Å². The molecule has 0 radical (unpaired) electrons. The summed E-state index contributed by atoms with van der Waals surface area (Å²) >= 11 is 0. The van der Waals surface area contributed by atoms with Crippen LogP contribution in [0.1, 0.15) is 51.4 Å². The highest BCUT2D eigenvalue weighted by Crippen LogP contribution is 2.40. The van der Waals surface area contributed by atoms with Crippen LogP contribution in [0.3, 0.4) is 0 Å². The molecule has 18 heavy (non-hydrogen) atoms. The second-order valence-corrected chi connectivity index (χ2v) is 5.72. The number of carboxylic acid groups (broad SMARTS) is 1. The molecule has 0 bridgehead atoms. The molecule has 0 spiro atoms. The topological polar surface area (TPSA) is 63.6 Å². The Labute approximate surface area is 108 Å². The lowest BCUT2D eigenvalue weighted by Crippen LogP contribution is -2.30. The molecule has 0 atom stereocenters. The summed E-state index contributed by atoms with van der Waals surface area (Å²) in [6, 6.07) is 0. The van der Waals surface area contributed by atoms with Crippen LogP contribution in [0.2, 0.25) is 0 Å². The first-order chi connectivity index (χ1) is 8.70. The highest BCUT2D eigenvalue weighted by Gasteiger charge is 2.33. The fourth-order valence-electron chi connectivity index (χ4n) is 3.61. The summed E-state index contributed by atoms with van der Waals surface area (Å²) in [5, 5.41) is 8.98. The van der Waals surface area contributed by atoms with Crippen molar-refractivity contribution in [1.29, 1.82) is 0 Å². The summed E-state index contributed by atoms with van der Waals surface area (Å²) in [5.41, 5.74) is 0. The van der Waals surface area contributed by atoms with Crippen molar-refractivity contribution in [2.75, 3.05) is 0 Å². The van der Waals surface area contributed by atoms with Crippen LogP contribution in [0.5, 0.6) is 0 Å². The van der Waals surface area contributed by atoms with E-state index in [1.165, 1.54) is 0 Å². The molecule has 0 aliphatic heterocycles. The van der Waals surface area contributed by atoms with E-state index in [-0.39, 0.29) is 12.0 Å². The lowest BCUT2D eigenvalue weighted by Gasteiger charge is -2.36. The van der Waals surface area contributed by atoms with Crippen molar-refractivity contribution in [3.8, 4) is 0 Å². The SMILES string of the molecule is O=COC1CCC(C2CCC(C(=O)O)CC2)CC1. The van der Waals surface area contributed by atoms with Gasteiger partial charge in [-0.05, 0) is 63.2 Å². The number of rotatable bonds is 4. The first-order valence-electron chi connectivity index (χ1n) is 7.02. The van der Waals surface area contributed by atoms with Gasteiger partial charge in [0.15, 0.2) is 0 Å². The van der Waals surface area contributed by atoms with E-state index in [1.54, 1.807) is 0 Å². The van der Waals surface area contributed by atoms with Crippen LogP contribution in [0.4, 0.5) is 0 Å². The van der Waals surface area contributed by atoms with Gasteiger partial charge in [0, 0.05) is 0 Å². The van der Waals surface area contributed by atoms with Crippen molar-refractivity contribution in [3.05, 3.63) is 0 Å². The number of aliphatic carboxylic acids is 1. The zero-order valence-electron chi connectivity index (χ0n) is 10.7. The van der Waals surface area contributed by atoms with Crippen molar-refractivity contribution in [2.24, 2.45) is 17.8 Å². The smallest absolute Gasteiger partial charge is 0.306 e. The fraction of sp³-hybridized carbons (Fsp3) is 0.857. The van der Waals surface area contributed by atoms with Crippen LogP contribution >= 0.6 is 0 Å². The van der Waals surface area contributed by atoms with E-state index in [0.29, 0.717) is 18.3 Å². The summed E-state index contributed by atoms with van der Waals surface area (Å²) < 4.78 is 5.01. The Morgan fingerprint density at radius 3 is 1.89 bits per heavy atom. The van der Waals surface area contributed by atoms with Crippen LogP contribution in [0, 0.1) is 17.8 Å². The highest BCUT2D eigenvalue weighted by atomic mass is 16.5. The van der Waals surface area contributed by atoms with Crippen LogP contribution < -0.4 is 0 Å². The minimum atomic E-state index is -0.628. The Hall–Kier alpha value is -1.06. The summed E-state index contributed by atoms with van der Waals surface area (Å²) in [7, 11) is 0. The first-order valence-corrected chi connectivity index (χ1v) is 7.02. The van der Waals surface area contributed by atoms with E-state index >= 15 is 0 Å². The van der Waals surface area contributed by atoms with Crippen LogP contribution in [-0.4, -0.2) is 23.7 Å². The quantitative estimate of drug-likeness (QED) is 0.783. The van der Waals surface area contributed by atoms with E-state index in [2.05, 4.69) is 0 Å². The monoisotopic (exact) mass is 254 g/mol. The summed E-state index contributed by atoms with van der Waals surface area (Å²) in [6.07, 6.45) is 8.11.